The lowest BCUT2D eigenvalue weighted by molar-refractivity contribution is -0.109. The highest BCUT2D eigenvalue weighted by Crippen LogP contribution is 2.21. The van der Waals surface area contributed by atoms with Gasteiger partial charge in [0, 0.05) is 24.7 Å². The minimum atomic E-state index is 0.208. The van der Waals surface area contributed by atoms with Crippen LogP contribution in [0.3, 0.4) is 0 Å². The Bertz CT molecular complexity index is 562. The van der Waals surface area contributed by atoms with E-state index >= 15 is 0 Å². The van der Waals surface area contributed by atoms with Gasteiger partial charge in [-0.15, -0.1) is 0 Å². The fourth-order valence-electron chi connectivity index (χ4n) is 1.73. The molecule has 0 aliphatic heterocycles. The number of benzene rings is 1. The van der Waals surface area contributed by atoms with E-state index in [-0.39, 0.29) is 5.28 Å². The zero-order chi connectivity index (χ0) is 14.2. The lowest BCUT2D eigenvalue weighted by atomic mass is 10.1. The molecule has 0 aliphatic carbocycles. The minimum absolute atomic E-state index is 0.208. The molecule has 2 rings (SSSR count). The number of hydrogen-bond donors (Lipinski definition) is 2. The Morgan fingerprint density at radius 1 is 1.15 bits per heavy atom. The van der Waals surface area contributed by atoms with Gasteiger partial charge in [0.25, 0.3) is 0 Å². The zero-order valence-corrected chi connectivity index (χ0v) is 11.6. The van der Waals surface area contributed by atoms with E-state index in [1.165, 1.54) is 0 Å². The van der Waals surface area contributed by atoms with Crippen molar-refractivity contribution in [1.82, 2.24) is 15.3 Å². The number of anilines is 1. The molecule has 0 spiro atoms. The van der Waals surface area contributed by atoms with Crippen molar-refractivity contribution in [3.8, 4) is 11.3 Å². The van der Waals surface area contributed by atoms with Crippen LogP contribution in [-0.2, 0) is 4.79 Å². The number of nitrogens with zero attached hydrogens (tertiary/aromatic N) is 2. The van der Waals surface area contributed by atoms with E-state index in [9.17, 15) is 4.79 Å². The molecule has 104 valence electrons. The number of hydrogen-bond acceptors (Lipinski definition) is 4. The molecule has 0 aliphatic rings. The van der Waals surface area contributed by atoms with Gasteiger partial charge in [0.1, 0.15) is 5.82 Å². The molecule has 1 amide bonds. The van der Waals surface area contributed by atoms with Gasteiger partial charge in [-0.2, -0.15) is 0 Å². The maximum Gasteiger partial charge on any atom is 0.224 e. The third-order valence-corrected chi connectivity index (χ3v) is 2.82. The van der Waals surface area contributed by atoms with Gasteiger partial charge in [-0.3, -0.25) is 4.79 Å². The molecular formula is C14H15ClN4O. The first-order valence-corrected chi connectivity index (χ1v) is 6.68. The predicted molar refractivity (Wildman–Crippen MR) is 79.7 cm³/mol. The number of aromatic nitrogens is 2. The number of nitrogens with one attached hydrogen (secondary N) is 2. The molecule has 0 fully saturated rings. The summed E-state index contributed by atoms with van der Waals surface area (Å²) in [5.74, 6) is 0.676. The van der Waals surface area contributed by atoms with Crippen molar-refractivity contribution in [2.24, 2.45) is 0 Å². The number of halogens is 1. The summed E-state index contributed by atoms with van der Waals surface area (Å²) in [4.78, 5) is 18.5. The van der Waals surface area contributed by atoms with Gasteiger partial charge in [-0.25, -0.2) is 9.97 Å². The maximum absolute atomic E-state index is 10.1. The van der Waals surface area contributed by atoms with Crippen molar-refractivity contribution in [2.75, 3.05) is 18.4 Å². The van der Waals surface area contributed by atoms with E-state index in [1.807, 2.05) is 36.4 Å². The van der Waals surface area contributed by atoms with Gasteiger partial charge in [0.2, 0.25) is 11.7 Å². The lowest BCUT2D eigenvalue weighted by Gasteiger charge is -2.08. The van der Waals surface area contributed by atoms with Gasteiger partial charge in [0.05, 0.1) is 5.69 Å². The molecule has 5 nitrogen and oxygen atoms in total. The monoisotopic (exact) mass is 290 g/mol. The van der Waals surface area contributed by atoms with E-state index in [0.717, 1.165) is 17.7 Å². The van der Waals surface area contributed by atoms with Gasteiger partial charge < -0.3 is 10.6 Å². The van der Waals surface area contributed by atoms with Crippen LogP contribution in [-0.4, -0.2) is 29.5 Å². The first kappa shape index (κ1) is 14.3. The maximum atomic E-state index is 10.1. The van der Waals surface area contributed by atoms with Gasteiger partial charge in [0.15, 0.2) is 0 Å². The van der Waals surface area contributed by atoms with Crippen LogP contribution < -0.4 is 10.6 Å². The topological polar surface area (TPSA) is 66.9 Å². The molecule has 0 saturated carbocycles. The molecule has 1 aromatic carbocycles. The second-order valence-electron chi connectivity index (χ2n) is 4.13. The molecule has 0 unspecified atom stereocenters. The Labute approximate surface area is 122 Å². The Balaban J connectivity index is 2.03. The fraction of sp³-hybridized carbons (Fsp3) is 0.214. The Morgan fingerprint density at radius 3 is 2.70 bits per heavy atom. The lowest BCUT2D eigenvalue weighted by Crippen LogP contribution is -2.16. The van der Waals surface area contributed by atoms with Crippen molar-refractivity contribution >= 4 is 23.8 Å². The van der Waals surface area contributed by atoms with Crippen molar-refractivity contribution in [3.63, 3.8) is 0 Å². The number of rotatable bonds is 7. The fourth-order valence-corrected chi connectivity index (χ4v) is 1.91. The Kier molecular flexibility index (Phi) is 5.32. The van der Waals surface area contributed by atoms with Crippen LogP contribution in [0.5, 0.6) is 0 Å². The minimum Gasteiger partial charge on any atom is -0.370 e. The molecule has 20 heavy (non-hydrogen) atoms. The summed E-state index contributed by atoms with van der Waals surface area (Å²) in [6.07, 6.45) is 1.50. The van der Waals surface area contributed by atoms with Gasteiger partial charge in [-0.05, 0) is 18.0 Å². The normalized spacial score (nSPS) is 10.1. The quantitative estimate of drug-likeness (QED) is 0.467. The standard InChI is InChI=1S/C14H15ClN4O/c15-14-18-12(11-5-2-1-3-6-11)9-13(19-14)17-8-4-7-16-10-20/h1-3,5-6,9-10H,4,7-8H2,(H,16,20)(H,17,18,19). The van der Waals surface area contributed by atoms with Crippen LogP contribution in [0.1, 0.15) is 6.42 Å². The summed E-state index contributed by atoms with van der Waals surface area (Å²) in [7, 11) is 0. The summed E-state index contributed by atoms with van der Waals surface area (Å²) in [5.41, 5.74) is 1.77. The molecule has 2 aromatic rings. The van der Waals surface area contributed by atoms with Crippen LogP contribution in [0.15, 0.2) is 36.4 Å². The van der Waals surface area contributed by atoms with Crippen LogP contribution in [0.25, 0.3) is 11.3 Å². The van der Waals surface area contributed by atoms with E-state index in [0.29, 0.717) is 25.3 Å². The second kappa shape index (κ2) is 7.45. The third-order valence-electron chi connectivity index (χ3n) is 2.66. The molecule has 0 radical (unpaired) electrons. The predicted octanol–water partition coefficient (Wildman–Crippen LogP) is 2.34. The largest absolute Gasteiger partial charge is 0.370 e. The highest BCUT2D eigenvalue weighted by molar-refractivity contribution is 6.28. The molecule has 1 heterocycles. The average molecular weight is 291 g/mol. The van der Waals surface area contributed by atoms with Crippen LogP contribution in [0, 0.1) is 0 Å². The van der Waals surface area contributed by atoms with E-state index < -0.39 is 0 Å². The number of amides is 1. The van der Waals surface area contributed by atoms with E-state index in [1.54, 1.807) is 0 Å². The van der Waals surface area contributed by atoms with E-state index in [4.69, 9.17) is 11.6 Å². The average Bonchev–Trinajstić information content (AvgIpc) is 2.47. The van der Waals surface area contributed by atoms with Crippen molar-refractivity contribution in [3.05, 3.63) is 41.7 Å². The summed E-state index contributed by atoms with van der Waals surface area (Å²) < 4.78 is 0. The van der Waals surface area contributed by atoms with E-state index in [2.05, 4.69) is 20.6 Å². The first-order valence-electron chi connectivity index (χ1n) is 6.30. The Hall–Kier alpha value is -2.14. The van der Waals surface area contributed by atoms with Crippen LogP contribution in [0.2, 0.25) is 5.28 Å². The summed E-state index contributed by atoms with van der Waals surface area (Å²) in [6, 6.07) is 11.6. The Morgan fingerprint density at radius 2 is 1.95 bits per heavy atom. The molecule has 0 atom stereocenters. The molecule has 2 N–H and O–H groups in total. The molecule has 1 aromatic heterocycles. The SMILES string of the molecule is O=CNCCCNc1cc(-c2ccccc2)nc(Cl)n1. The summed E-state index contributed by atoms with van der Waals surface area (Å²) >= 11 is 5.94. The highest BCUT2D eigenvalue weighted by atomic mass is 35.5. The molecule has 6 heteroatoms. The molecule has 0 saturated heterocycles. The highest BCUT2D eigenvalue weighted by Gasteiger charge is 2.04. The zero-order valence-electron chi connectivity index (χ0n) is 10.8. The van der Waals surface area contributed by atoms with Crippen LogP contribution >= 0.6 is 11.6 Å². The smallest absolute Gasteiger partial charge is 0.224 e. The van der Waals surface area contributed by atoms with Crippen LogP contribution in [0.4, 0.5) is 5.82 Å². The van der Waals surface area contributed by atoms with Crippen molar-refractivity contribution < 1.29 is 4.79 Å². The van der Waals surface area contributed by atoms with Crippen molar-refractivity contribution in [2.45, 2.75) is 6.42 Å². The summed E-state index contributed by atoms with van der Waals surface area (Å²) in [5, 5.41) is 5.98. The second-order valence-corrected chi connectivity index (χ2v) is 4.46. The number of carbonyl (C=O) groups excluding carboxylic acids is 1. The van der Waals surface area contributed by atoms with Gasteiger partial charge in [-0.1, -0.05) is 30.3 Å². The first-order chi connectivity index (χ1) is 9.79. The number of carbonyl (C=O) groups is 1. The molecule has 0 bridgehead atoms. The third kappa shape index (κ3) is 4.20. The van der Waals surface area contributed by atoms with Gasteiger partial charge >= 0.3 is 0 Å². The molecular weight excluding hydrogens is 276 g/mol. The summed E-state index contributed by atoms with van der Waals surface area (Å²) in [6.45, 7) is 1.32. The van der Waals surface area contributed by atoms with Crippen molar-refractivity contribution in [1.29, 1.82) is 0 Å².